The van der Waals surface area contributed by atoms with E-state index in [0.717, 1.165) is 45.2 Å². The van der Waals surface area contributed by atoms with E-state index in [-0.39, 0.29) is 0 Å². The second-order valence-corrected chi connectivity index (χ2v) is 4.62. The van der Waals surface area contributed by atoms with Crippen molar-refractivity contribution in [2.24, 2.45) is 5.73 Å². The van der Waals surface area contributed by atoms with Crippen molar-refractivity contribution in [3.8, 4) is 0 Å². The van der Waals surface area contributed by atoms with Gasteiger partial charge in [-0.25, -0.2) is 0 Å². The molecule has 1 saturated carbocycles. The average molecular weight is 230 g/mol. The molecule has 0 spiro atoms. The SMILES string of the molecule is CCCOCCN(CCC(N)=S)C1CC1. The minimum atomic E-state index is 0.620. The number of ether oxygens (including phenoxy) is 1. The number of thiocarbonyl (C=S) groups is 1. The molecule has 1 rings (SSSR count). The lowest BCUT2D eigenvalue weighted by Gasteiger charge is -2.21. The topological polar surface area (TPSA) is 38.5 Å². The third kappa shape index (κ3) is 6.07. The first kappa shape index (κ1) is 12.9. The van der Waals surface area contributed by atoms with Gasteiger partial charge >= 0.3 is 0 Å². The van der Waals surface area contributed by atoms with Gasteiger partial charge in [0.15, 0.2) is 0 Å². The Balaban J connectivity index is 2.10. The van der Waals surface area contributed by atoms with Crippen molar-refractivity contribution in [1.29, 1.82) is 0 Å². The summed E-state index contributed by atoms with van der Waals surface area (Å²) in [5.74, 6) is 0. The standard InChI is InChI=1S/C11H22N2OS/c1-2-8-14-9-7-13(10-3-4-10)6-5-11(12)15/h10H,2-9H2,1H3,(H2,12,15). The maximum atomic E-state index is 5.51. The highest BCUT2D eigenvalue weighted by atomic mass is 32.1. The maximum absolute atomic E-state index is 5.51. The Morgan fingerprint density at radius 3 is 2.67 bits per heavy atom. The van der Waals surface area contributed by atoms with E-state index in [1.807, 2.05) is 0 Å². The average Bonchev–Trinajstić information content (AvgIpc) is 3.00. The highest BCUT2D eigenvalue weighted by Gasteiger charge is 2.28. The van der Waals surface area contributed by atoms with E-state index in [1.54, 1.807) is 0 Å². The second kappa shape index (κ2) is 7.14. The minimum Gasteiger partial charge on any atom is -0.393 e. The summed E-state index contributed by atoms with van der Waals surface area (Å²) in [4.78, 5) is 3.07. The molecule has 3 nitrogen and oxygen atoms in total. The molecule has 4 heteroatoms. The van der Waals surface area contributed by atoms with Gasteiger partial charge < -0.3 is 10.5 Å². The van der Waals surface area contributed by atoms with Gasteiger partial charge in [0.1, 0.15) is 0 Å². The number of hydrogen-bond acceptors (Lipinski definition) is 3. The molecule has 88 valence electrons. The van der Waals surface area contributed by atoms with Gasteiger partial charge in [0.25, 0.3) is 0 Å². The van der Waals surface area contributed by atoms with Crippen LogP contribution in [0, 0.1) is 0 Å². The van der Waals surface area contributed by atoms with Gasteiger partial charge in [-0.1, -0.05) is 19.1 Å². The van der Waals surface area contributed by atoms with E-state index in [2.05, 4.69) is 11.8 Å². The van der Waals surface area contributed by atoms with Gasteiger partial charge in [0.2, 0.25) is 0 Å². The zero-order valence-corrected chi connectivity index (χ0v) is 10.4. The van der Waals surface area contributed by atoms with E-state index in [9.17, 15) is 0 Å². The van der Waals surface area contributed by atoms with Crippen LogP contribution in [0.5, 0.6) is 0 Å². The number of hydrogen-bond donors (Lipinski definition) is 1. The van der Waals surface area contributed by atoms with Crippen LogP contribution < -0.4 is 5.73 Å². The molecule has 0 aromatic carbocycles. The van der Waals surface area contributed by atoms with Crippen LogP contribution in [0.25, 0.3) is 0 Å². The molecular formula is C11H22N2OS. The van der Waals surface area contributed by atoms with Crippen LogP contribution in [-0.4, -0.2) is 42.2 Å². The molecule has 0 aliphatic heterocycles. The van der Waals surface area contributed by atoms with Crippen LogP contribution in [0.15, 0.2) is 0 Å². The van der Waals surface area contributed by atoms with Crippen molar-refractivity contribution in [1.82, 2.24) is 4.90 Å². The molecule has 0 unspecified atom stereocenters. The molecule has 0 radical (unpaired) electrons. The largest absolute Gasteiger partial charge is 0.393 e. The van der Waals surface area contributed by atoms with Gasteiger partial charge in [0, 0.05) is 32.2 Å². The summed E-state index contributed by atoms with van der Waals surface area (Å²) in [5.41, 5.74) is 5.51. The molecule has 0 amide bonds. The molecule has 1 aliphatic rings. The van der Waals surface area contributed by atoms with Gasteiger partial charge in [-0.15, -0.1) is 0 Å². The van der Waals surface area contributed by atoms with Gasteiger partial charge in [-0.05, 0) is 19.3 Å². The Morgan fingerprint density at radius 2 is 2.13 bits per heavy atom. The van der Waals surface area contributed by atoms with Crippen molar-refractivity contribution >= 4 is 17.2 Å². The molecular weight excluding hydrogens is 208 g/mol. The smallest absolute Gasteiger partial charge is 0.0740 e. The fraction of sp³-hybridized carbons (Fsp3) is 0.909. The normalized spacial score (nSPS) is 15.9. The molecule has 0 heterocycles. The van der Waals surface area contributed by atoms with Gasteiger partial charge in [-0.2, -0.15) is 0 Å². The van der Waals surface area contributed by atoms with E-state index >= 15 is 0 Å². The van der Waals surface area contributed by atoms with E-state index < -0.39 is 0 Å². The first-order chi connectivity index (χ1) is 7.24. The molecule has 0 aromatic rings. The minimum absolute atomic E-state index is 0.620. The summed E-state index contributed by atoms with van der Waals surface area (Å²) >= 11 is 4.89. The Morgan fingerprint density at radius 1 is 1.40 bits per heavy atom. The van der Waals surface area contributed by atoms with Crippen molar-refractivity contribution in [3.63, 3.8) is 0 Å². The monoisotopic (exact) mass is 230 g/mol. The lowest BCUT2D eigenvalue weighted by molar-refractivity contribution is 0.102. The van der Waals surface area contributed by atoms with Crippen molar-refractivity contribution < 1.29 is 4.74 Å². The highest BCUT2D eigenvalue weighted by Crippen LogP contribution is 2.26. The second-order valence-electron chi connectivity index (χ2n) is 4.10. The zero-order chi connectivity index (χ0) is 11.1. The van der Waals surface area contributed by atoms with Crippen LogP contribution in [0.1, 0.15) is 32.6 Å². The summed E-state index contributed by atoms with van der Waals surface area (Å²) in [6, 6.07) is 0.768. The number of nitrogens with two attached hydrogens (primary N) is 1. The van der Waals surface area contributed by atoms with Crippen molar-refractivity contribution in [3.05, 3.63) is 0 Å². The Labute approximate surface area is 98.0 Å². The zero-order valence-electron chi connectivity index (χ0n) is 9.58. The van der Waals surface area contributed by atoms with Gasteiger partial charge in [-0.3, -0.25) is 4.90 Å². The number of rotatable bonds is 9. The van der Waals surface area contributed by atoms with Crippen molar-refractivity contribution in [2.45, 2.75) is 38.6 Å². The van der Waals surface area contributed by atoms with Gasteiger partial charge in [0.05, 0.1) is 11.6 Å². The van der Waals surface area contributed by atoms with E-state index in [4.69, 9.17) is 22.7 Å². The van der Waals surface area contributed by atoms with Crippen LogP contribution in [0.4, 0.5) is 0 Å². The molecule has 15 heavy (non-hydrogen) atoms. The molecule has 1 aliphatic carbocycles. The first-order valence-corrected chi connectivity index (χ1v) is 6.25. The Hall–Kier alpha value is -0.190. The highest BCUT2D eigenvalue weighted by molar-refractivity contribution is 7.80. The van der Waals surface area contributed by atoms with Crippen LogP contribution in [0.2, 0.25) is 0 Å². The van der Waals surface area contributed by atoms with Crippen LogP contribution >= 0.6 is 12.2 Å². The van der Waals surface area contributed by atoms with E-state index in [1.165, 1.54) is 12.8 Å². The molecule has 0 atom stereocenters. The Bertz CT molecular complexity index is 195. The molecule has 1 fully saturated rings. The maximum Gasteiger partial charge on any atom is 0.0740 e. The lowest BCUT2D eigenvalue weighted by atomic mass is 10.3. The third-order valence-electron chi connectivity index (χ3n) is 2.58. The molecule has 0 aromatic heterocycles. The summed E-state index contributed by atoms with van der Waals surface area (Å²) in [7, 11) is 0. The van der Waals surface area contributed by atoms with E-state index in [0.29, 0.717) is 4.99 Å². The predicted molar refractivity (Wildman–Crippen MR) is 67.1 cm³/mol. The summed E-state index contributed by atoms with van der Waals surface area (Å²) in [5, 5.41) is 0. The summed E-state index contributed by atoms with van der Waals surface area (Å²) in [6.45, 7) is 5.85. The lowest BCUT2D eigenvalue weighted by Crippen LogP contribution is -2.32. The third-order valence-corrected chi connectivity index (χ3v) is 2.78. The quantitative estimate of drug-likeness (QED) is 0.482. The van der Waals surface area contributed by atoms with Crippen molar-refractivity contribution in [2.75, 3.05) is 26.3 Å². The first-order valence-electron chi connectivity index (χ1n) is 5.84. The predicted octanol–water partition coefficient (Wildman–Crippen LogP) is 1.55. The summed E-state index contributed by atoms with van der Waals surface area (Å²) < 4.78 is 5.49. The molecule has 2 N–H and O–H groups in total. The van der Waals surface area contributed by atoms with Crippen LogP contribution in [0.3, 0.4) is 0 Å². The molecule has 0 bridgehead atoms. The Kier molecular flexibility index (Phi) is 6.13. The molecule has 0 saturated heterocycles. The number of nitrogens with zero attached hydrogens (tertiary/aromatic N) is 1. The summed E-state index contributed by atoms with van der Waals surface area (Å²) in [6.07, 6.45) is 4.58. The fourth-order valence-electron chi connectivity index (χ4n) is 1.60. The fourth-order valence-corrected chi connectivity index (χ4v) is 1.69. The van der Waals surface area contributed by atoms with Crippen LogP contribution in [-0.2, 0) is 4.74 Å².